The van der Waals surface area contributed by atoms with Crippen LogP contribution in [0.5, 0.6) is 5.75 Å². The van der Waals surface area contributed by atoms with Crippen LogP contribution < -0.4 is 14.8 Å². The van der Waals surface area contributed by atoms with Crippen LogP contribution in [0.3, 0.4) is 0 Å². The summed E-state index contributed by atoms with van der Waals surface area (Å²) in [5, 5.41) is 3.02. The molecule has 0 saturated heterocycles. The Balaban J connectivity index is 1.66. The summed E-state index contributed by atoms with van der Waals surface area (Å²) in [4.78, 5) is 17.8. The second kappa shape index (κ2) is 8.76. The number of aromatic nitrogens is 2. The number of benzene rings is 2. The van der Waals surface area contributed by atoms with Crippen molar-refractivity contribution in [2.45, 2.75) is 36.7 Å². The maximum Gasteiger partial charge on any atom is 0.252 e. The molecular formula is C23H26N4O4S. The van der Waals surface area contributed by atoms with E-state index in [0.717, 1.165) is 18.4 Å². The number of carbonyl (C=O) groups excluding carboxylic acids is 1. The largest absolute Gasteiger partial charge is 0.497 e. The first-order chi connectivity index (χ1) is 15.3. The van der Waals surface area contributed by atoms with Crippen LogP contribution >= 0.6 is 0 Å². The number of amides is 1. The summed E-state index contributed by atoms with van der Waals surface area (Å²) in [6.07, 6.45) is 5.15. The minimum atomic E-state index is -3.67. The topological polar surface area (TPSA) is 102 Å². The zero-order valence-electron chi connectivity index (χ0n) is 18.2. The SMILES string of the molecule is COc1ccc([C@H](NC(=O)c2cc(S(=O)(=O)NC3CC3)ccc2C)c2nccn2C)cc1. The van der Waals surface area contributed by atoms with Crippen LogP contribution in [-0.4, -0.2) is 37.0 Å². The molecule has 8 nitrogen and oxygen atoms in total. The van der Waals surface area contributed by atoms with Gasteiger partial charge in [0.1, 0.15) is 17.6 Å². The van der Waals surface area contributed by atoms with Crippen LogP contribution in [0.1, 0.15) is 46.2 Å². The number of methoxy groups -OCH3 is 1. The third-order valence-electron chi connectivity index (χ3n) is 5.50. The summed E-state index contributed by atoms with van der Waals surface area (Å²) in [7, 11) is -0.222. The Labute approximate surface area is 187 Å². The molecule has 0 aliphatic heterocycles. The standard InChI is InChI=1S/C23H26N4O4S/c1-15-4-11-19(32(29,30)26-17-7-8-17)14-20(15)23(28)25-21(22-24-12-13-27(22)2)16-5-9-18(31-3)10-6-16/h4-6,9-14,17,21,26H,7-8H2,1-3H3,(H,25,28)/t21-/m0/s1. The Hall–Kier alpha value is -3.17. The number of rotatable bonds is 8. The Kier molecular flexibility index (Phi) is 6.03. The molecule has 1 heterocycles. The predicted octanol–water partition coefficient (Wildman–Crippen LogP) is 2.70. The second-order valence-electron chi connectivity index (χ2n) is 7.95. The number of imidazole rings is 1. The van der Waals surface area contributed by atoms with Crippen molar-refractivity contribution in [1.82, 2.24) is 19.6 Å². The van der Waals surface area contributed by atoms with Crippen molar-refractivity contribution in [3.8, 4) is 5.75 Å². The normalized spacial score (nSPS) is 14.7. The lowest BCUT2D eigenvalue weighted by atomic mass is 10.0. The lowest BCUT2D eigenvalue weighted by molar-refractivity contribution is 0.0940. The summed E-state index contributed by atoms with van der Waals surface area (Å²) < 4.78 is 35.0. The molecule has 0 bridgehead atoms. The van der Waals surface area contributed by atoms with Crippen molar-refractivity contribution in [3.05, 3.63) is 77.4 Å². The van der Waals surface area contributed by atoms with Gasteiger partial charge in [0.2, 0.25) is 10.0 Å². The molecule has 9 heteroatoms. The fourth-order valence-corrected chi connectivity index (χ4v) is 4.79. The van der Waals surface area contributed by atoms with Gasteiger partial charge in [0, 0.05) is 31.0 Å². The molecule has 32 heavy (non-hydrogen) atoms. The lowest BCUT2D eigenvalue weighted by Crippen LogP contribution is -2.32. The van der Waals surface area contributed by atoms with Gasteiger partial charge in [0.15, 0.2) is 0 Å². The quantitative estimate of drug-likeness (QED) is 0.545. The summed E-state index contributed by atoms with van der Waals surface area (Å²) in [6.45, 7) is 1.78. The van der Waals surface area contributed by atoms with Crippen LogP contribution in [0.4, 0.5) is 0 Å². The Morgan fingerprint density at radius 3 is 2.50 bits per heavy atom. The van der Waals surface area contributed by atoms with Gasteiger partial charge in [-0.1, -0.05) is 18.2 Å². The van der Waals surface area contributed by atoms with Crippen molar-refractivity contribution in [1.29, 1.82) is 0 Å². The van der Waals surface area contributed by atoms with Crippen molar-refractivity contribution in [2.75, 3.05) is 7.11 Å². The molecule has 168 valence electrons. The minimum Gasteiger partial charge on any atom is -0.497 e. The van der Waals surface area contributed by atoms with Gasteiger partial charge < -0.3 is 14.6 Å². The Morgan fingerprint density at radius 2 is 1.91 bits per heavy atom. The number of nitrogens with zero attached hydrogens (tertiary/aromatic N) is 2. The molecule has 1 fully saturated rings. The number of sulfonamides is 1. The van der Waals surface area contributed by atoms with Gasteiger partial charge in [-0.05, 0) is 55.2 Å². The molecule has 1 atom stereocenters. The average molecular weight is 455 g/mol. The maximum absolute atomic E-state index is 13.3. The van der Waals surface area contributed by atoms with Crippen LogP contribution in [0.15, 0.2) is 59.8 Å². The molecule has 1 saturated carbocycles. The van der Waals surface area contributed by atoms with E-state index in [0.29, 0.717) is 22.7 Å². The summed E-state index contributed by atoms with van der Waals surface area (Å²) in [5.74, 6) is 0.978. The first-order valence-corrected chi connectivity index (χ1v) is 11.8. The van der Waals surface area contributed by atoms with Gasteiger partial charge in [-0.3, -0.25) is 4.79 Å². The van der Waals surface area contributed by atoms with E-state index in [4.69, 9.17) is 4.74 Å². The smallest absolute Gasteiger partial charge is 0.252 e. The molecule has 0 radical (unpaired) electrons. The lowest BCUT2D eigenvalue weighted by Gasteiger charge is -2.20. The van der Waals surface area contributed by atoms with E-state index in [1.165, 1.54) is 12.1 Å². The van der Waals surface area contributed by atoms with E-state index in [9.17, 15) is 13.2 Å². The maximum atomic E-state index is 13.3. The molecule has 1 aliphatic rings. The van der Waals surface area contributed by atoms with Gasteiger partial charge in [0.05, 0.1) is 12.0 Å². The van der Waals surface area contributed by atoms with E-state index in [-0.39, 0.29) is 16.8 Å². The number of aryl methyl sites for hydroxylation is 2. The number of ether oxygens (including phenoxy) is 1. The third-order valence-corrected chi connectivity index (χ3v) is 7.02. The van der Waals surface area contributed by atoms with Crippen LogP contribution in [0.2, 0.25) is 0 Å². The van der Waals surface area contributed by atoms with Crippen molar-refractivity contribution in [3.63, 3.8) is 0 Å². The molecule has 1 amide bonds. The Morgan fingerprint density at radius 1 is 1.19 bits per heavy atom. The fraction of sp³-hybridized carbons (Fsp3) is 0.304. The van der Waals surface area contributed by atoms with Crippen molar-refractivity contribution in [2.24, 2.45) is 7.05 Å². The van der Waals surface area contributed by atoms with E-state index >= 15 is 0 Å². The van der Waals surface area contributed by atoms with Crippen molar-refractivity contribution >= 4 is 15.9 Å². The monoisotopic (exact) mass is 454 g/mol. The van der Waals surface area contributed by atoms with Crippen LogP contribution in [-0.2, 0) is 17.1 Å². The summed E-state index contributed by atoms with van der Waals surface area (Å²) in [6, 6.07) is 11.4. The van der Waals surface area contributed by atoms with Gasteiger partial charge in [-0.15, -0.1) is 0 Å². The molecule has 1 aliphatic carbocycles. The molecule has 4 rings (SSSR count). The van der Waals surface area contributed by atoms with E-state index in [1.807, 2.05) is 35.9 Å². The molecule has 2 N–H and O–H groups in total. The molecular weight excluding hydrogens is 428 g/mol. The highest BCUT2D eigenvalue weighted by molar-refractivity contribution is 7.89. The summed E-state index contributed by atoms with van der Waals surface area (Å²) in [5.41, 5.74) is 1.81. The van der Waals surface area contributed by atoms with Crippen LogP contribution in [0.25, 0.3) is 0 Å². The first kappa shape index (κ1) is 22.0. The highest BCUT2D eigenvalue weighted by Gasteiger charge is 2.29. The number of hydrogen-bond donors (Lipinski definition) is 2. The van der Waals surface area contributed by atoms with Gasteiger partial charge in [0.25, 0.3) is 5.91 Å². The molecule has 2 aromatic carbocycles. The van der Waals surface area contributed by atoms with Crippen molar-refractivity contribution < 1.29 is 17.9 Å². The Bertz CT molecular complexity index is 1230. The molecule has 1 aromatic heterocycles. The zero-order valence-corrected chi connectivity index (χ0v) is 19.0. The fourth-order valence-electron chi connectivity index (χ4n) is 3.46. The highest BCUT2D eigenvalue weighted by Crippen LogP contribution is 2.26. The third kappa shape index (κ3) is 4.68. The number of nitrogens with one attached hydrogen (secondary N) is 2. The molecule has 0 unspecified atom stereocenters. The highest BCUT2D eigenvalue weighted by atomic mass is 32.2. The summed E-state index contributed by atoms with van der Waals surface area (Å²) >= 11 is 0. The van der Waals surface area contributed by atoms with Gasteiger partial charge in [-0.2, -0.15) is 0 Å². The van der Waals surface area contributed by atoms with Gasteiger partial charge >= 0.3 is 0 Å². The van der Waals surface area contributed by atoms with Crippen LogP contribution in [0, 0.1) is 6.92 Å². The average Bonchev–Trinajstić information content (AvgIpc) is 3.48. The van der Waals surface area contributed by atoms with E-state index in [1.54, 1.807) is 32.5 Å². The minimum absolute atomic E-state index is 0.0125. The molecule has 3 aromatic rings. The second-order valence-corrected chi connectivity index (χ2v) is 9.66. The van der Waals surface area contributed by atoms with E-state index in [2.05, 4.69) is 15.0 Å². The predicted molar refractivity (Wildman–Crippen MR) is 120 cm³/mol. The number of hydrogen-bond acceptors (Lipinski definition) is 5. The zero-order chi connectivity index (χ0) is 22.9. The number of carbonyl (C=O) groups is 1. The molecule has 0 spiro atoms. The van der Waals surface area contributed by atoms with Gasteiger partial charge in [-0.25, -0.2) is 18.1 Å². The van der Waals surface area contributed by atoms with E-state index < -0.39 is 16.1 Å². The first-order valence-electron chi connectivity index (χ1n) is 10.3.